The van der Waals surface area contributed by atoms with Crippen LogP contribution in [0.2, 0.25) is 0 Å². The number of ether oxygens (including phenoxy) is 2. The number of benzene rings is 2. The van der Waals surface area contributed by atoms with Crippen molar-refractivity contribution in [2.24, 2.45) is 11.5 Å². The van der Waals surface area contributed by atoms with Gasteiger partial charge < -0.3 is 20.9 Å². The van der Waals surface area contributed by atoms with Gasteiger partial charge in [0, 0.05) is 22.6 Å². The molecule has 0 fully saturated rings. The van der Waals surface area contributed by atoms with E-state index in [1.54, 1.807) is 36.0 Å². The van der Waals surface area contributed by atoms with Crippen molar-refractivity contribution in [2.75, 3.05) is 24.7 Å². The van der Waals surface area contributed by atoms with Crippen LogP contribution in [0.1, 0.15) is 11.1 Å². The van der Waals surface area contributed by atoms with Crippen molar-refractivity contribution >= 4 is 48.2 Å². The van der Waals surface area contributed by atoms with E-state index in [9.17, 15) is 0 Å². The lowest BCUT2D eigenvalue weighted by atomic mass is 10.2. The molecule has 0 aliphatic rings. The zero-order chi connectivity index (χ0) is 18.1. The number of nitrogen functional groups attached to an aromatic ring is 2. The van der Waals surface area contributed by atoms with Gasteiger partial charge in [-0.25, -0.2) is 0 Å². The molecule has 0 bridgehead atoms. The van der Waals surface area contributed by atoms with E-state index in [1.165, 1.54) is 0 Å². The fraction of sp³-hybridized carbons (Fsp3) is 0.222. The van der Waals surface area contributed by atoms with E-state index in [0.717, 1.165) is 23.0 Å². The summed E-state index contributed by atoms with van der Waals surface area (Å²) in [5.41, 5.74) is 12.2. The van der Waals surface area contributed by atoms with Crippen LogP contribution < -0.4 is 20.9 Å². The second-order valence-corrected chi connectivity index (χ2v) is 6.41. The summed E-state index contributed by atoms with van der Waals surface area (Å²) in [6, 6.07) is 14.4. The van der Waals surface area contributed by atoms with Crippen LogP contribution in [-0.2, 0) is 0 Å². The molecule has 0 aromatic heterocycles. The summed E-state index contributed by atoms with van der Waals surface area (Å²) in [4.78, 5) is 0. The summed E-state index contributed by atoms with van der Waals surface area (Å²) >= 11 is 1.75. The van der Waals surface area contributed by atoms with Crippen molar-refractivity contribution < 1.29 is 9.47 Å². The van der Waals surface area contributed by atoms with Crippen molar-refractivity contribution in [3.8, 4) is 11.5 Å². The molecule has 2 aromatic rings. The molecule has 0 atom stereocenters. The maximum Gasteiger partial charge on any atom is 0.122 e. The summed E-state index contributed by atoms with van der Waals surface area (Å²) in [5, 5.41) is 14.7. The number of rotatable bonds is 10. The Morgan fingerprint density at radius 3 is 1.33 bits per heavy atom. The first-order valence-corrected chi connectivity index (χ1v) is 8.94. The zero-order valence-electron chi connectivity index (χ0n) is 14.6. The van der Waals surface area contributed by atoms with Crippen molar-refractivity contribution in [1.82, 2.24) is 0 Å². The molecule has 0 amide bonds. The number of hydrogen-bond acceptors (Lipinski definition) is 5. The van der Waals surface area contributed by atoms with Crippen LogP contribution in [0.5, 0.6) is 11.5 Å². The Hall–Kier alpha value is -2.09. The monoisotopic (exact) mass is 430 g/mol. The molecule has 6 N–H and O–H groups in total. The molecule has 0 spiro atoms. The average Bonchev–Trinajstić information content (AvgIpc) is 2.61. The first-order chi connectivity index (χ1) is 12.1. The number of nitrogens with one attached hydrogen (secondary N) is 2. The lowest BCUT2D eigenvalue weighted by molar-refractivity contribution is 0.339. The standard InChI is InChI=1S/C18H22N4O2S.2ClH/c19-17(20)13-1-5-15(6-2-13)23-9-11-25-12-10-24-16-7-3-14(4-8-16)18(21)22;;/h1-8H,9-12H2,(H3,19,20)(H3,21,22);2*1H. The average molecular weight is 431 g/mol. The normalized spacial score (nSPS) is 9.48. The highest BCUT2D eigenvalue weighted by molar-refractivity contribution is 7.99. The first-order valence-electron chi connectivity index (χ1n) is 7.78. The predicted molar refractivity (Wildman–Crippen MR) is 118 cm³/mol. The van der Waals surface area contributed by atoms with Gasteiger partial charge in [0.2, 0.25) is 0 Å². The van der Waals surface area contributed by atoms with Crippen LogP contribution in [0.25, 0.3) is 0 Å². The number of halogens is 2. The van der Waals surface area contributed by atoms with Crippen molar-refractivity contribution in [3.63, 3.8) is 0 Å². The van der Waals surface area contributed by atoms with Crippen LogP contribution in [0, 0.1) is 10.8 Å². The van der Waals surface area contributed by atoms with Crippen LogP contribution in [0.4, 0.5) is 0 Å². The molecule has 27 heavy (non-hydrogen) atoms. The van der Waals surface area contributed by atoms with Gasteiger partial charge in [-0.2, -0.15) is 11.8 Å². The zero-order valence-corrected chi connectivity index (χ0v) is 17.1. The molecule has 148 valence electrons. The second-order valence-electron chi connectivity index (χ2n) is 5.19. The molecule has 0 heterocycles. The Kier molecular flexibility index (Phi) is 12.1. The molecule has 0 aliphatic carbocycles. The largest absolute Gasteiger partial charge is 0.493 e. The Balaban J connectivity index is 0.00000338. The van der Waals surface area contributed by atoms with Gasteiger partial charge in [0.05, 0.1) is 13.2 Å². The summed E-state index contributed by atoms with van der Waals surface area (Å²) in [7, 11) is 0. The van der Waals surface area contributed by atoms with E-state index < -0.39 is 0 Å². The number of thioether (sulfide) groups is 1. The lowest BCUT2D eigenvalue weighted by Crippen LogP contribution is -2.11. The third-order valence-corrected chi connectivity index (χ3v) is 4.23. The van der Waals surface area contributed by atoms with Gasteiger partial charge >= 0.3 is 0 Å². The lowest BCUT2D eigenvalue weighted by Gasteiger charge is -2.08. The molecule has 9 heteroatoms. The minimum atomic E-state index is 0. The van der Waals surface area contributed by atoms with Crippen LogP contribution >= 0.6 is 36.6 Å². The molecular formula is C18H24Cl2N4O2S. The van der Waals surface area contributed by atoms with Gasteiger partial charge in [-0.3, -0.25) is 10.8 Å². The summed E-state index contributed by atoms with van der Waals surface area (Å²) in [6.45, 7) is 1.22. The fourth-order valence-electron chi connectivity index (χ4n) is 2.00. The molecule has 2 aromatic carbocycles. The van der Waals surface area contributed by atoms with E-state index in [1.807, 2.05) is 24.3 Å². The Bertz CT molecular complexity index is 651. The highest BCUT2D eigenvalue weighted by atomic mass is 35.5. The van der Waals surface area contributed by atoms with Gasteiger partial charge in [-0.15, -0.1) is 24.8 Å². The van der Waals surface area contributed by atoms with Gasteiger partial charge in [0.15, 0.2) is 0 Å². The first kappa shape index (κ1) is 24.9. The van der Waals surface area contributed by atoms with Crippen molar-refractivity contribution in [1.29, 1.82) is 10.8 Å². The Morgan fingerprint density at radius 2 is 1.04 bits per heavy atom. The van der Waals surface area contributed by atoms with E-state index in [2.05, 4.69) is 0 Å². The summed E-state index contributed by atoms with van der Waals surface area (Å²) in [5.74, 6) is 3.37. The van der Waals surface area contributed by atoms with Crippen LogP contribution in [0.3, 0.4) is 0 Å². The van der Waals surface area contributed by atoms with E-state index in [4.69, 9.17) is 31.8 Å². The molecule has 0 radical (unpaired) electrons. The highest BCUT2D eigenvalue weighted by Crippen LogP contribution is 2.14. The number of hydrogen-bond donors (Lipinski definition) is 4. The predicted octanol–water partition coefficient (Wildman–Crippen LogP) is 3.29. The highest BCUT2D eigenvalue weighted by Gasteiger charge is 1.99. The Labute approximate surface area is 175 Å². The molecule has 0 aliphatic heterocycles. The quantitative estimate of drug-likeness (QED) is 0.262. The molecule has 6 nitrogen and oxygen atoms in total. The van der Waals surface area contributed by atoms with Crippen LogP contribution in [-0.4, -0.2) is 36.4 Å². The SMILES string of the molecule is Cl.Cl.N=C(N)c1ccc(OCCSCCOc2ccc(C(=N)N)cc2)cc1. The minimum absolute atomic E-state index is 0. The smallest absolute Gasteiger partial charge is 0.122 e. The second kappa shape index (κ2) is 13.1. The fourth-order valence-corrected chi connectivity index (χ4v) is 2.61. The number of amidine groups is 2. The van der Waals surface area contributed by atoms with Crippen molar-refractivity contribution in [3.05, 3.63) is 59.7 Å². The topological polar surface area (TPSA) is 118 Å². The van der Waals surface area contributed by atoms with Gasteiger partial charge in [0.1, 0.15) is 23.2 Å². The van der Waals surface area contributed by atoms with Crippen LogP contribution in [0.15, 0.2) is 48.5 Å². The van der Waals surface area contributed by atoms with Gasteiger partial charge in [0.25, 0.3) is 0 Å². The number of nitrogens with two attached hydrogens (primary N) is 2. The van der Waals surface area contributed by atoms with Gasteiger partial charge in [-0.05, 0) is 48.5 Å². The summed E-state index contributed by atoms with van der Waals surface area (Å²) < 4.78 is 11.3. The van der Waals surface area contributed by atoms with Gasteiger partial charge in [-0.1, -0.05) is 0 Å². The molecule has 0 unspecified atom stereocenters. The van der Waals surface area contributed by atoms with E-state index in [-0.39, 0.29) is 36.5 Å². The molecule has 0 saturated carbocycles. The van der Waals surface area contributed by atoms with E-state index >= 15 is 0 Å². The molecular weight excluding hydrogens is 407 g/mol. The molecule has 0 saturated heterocycles. The maximum atomic E-state index is 7.34. The van der Waals surface area contributed by atoms with Crippen molar-refractivity contribution in [2.45, 2.75) is 0 Å². The maximum absolute atomic E-state index is 7.34. The third-order valence-electron chi connectivity index (χ3n) is 3.32. The van der Waals surface area contributed by atoms with E-state index in [0.29, 0.717) is 24.3 Å². The third kappa shape index (κ3) is 8.90. The summed E-state index contributed by atoms with van der Waals surface area (Å²) in [6.07, 6.45) is 0. The Morgan fingerprint density at radius 1 is 0.704 bits per heavy atom. The minimum Gasteiger partial charge on any atom is -0.493 e. The molecule has 2 rings (SSSR count).